The van der Waals surface area contributed by atoms with Crippen LogP contribution in [0.25, 0.3) is 0 Å². The Bertz CT molecular complexity index is 441. The monoisotopic (exact) mass is 358 g/mol. The van der Waals surface area contributed by atoms with Crippen LogP contribution in [0.4, 0.5) is 0 Å². The number of hydrogen-bond acceptors (Lipinski definition) is 2. The zero-order valence-electron chi connectivity index (χ0n) is 10.2. The molecule has 2 rings (SSSR count). The average Bonchev–Trinajstić information content (AvgIpc) is 2.68. The molecule has 0 heterocycles. The third-order valence-corrected chi connectivity index (χ3v) is 6.64. The van der Waals surface area contributed by atoms with Crippen molar-refractivity contribution < 1.29 is 5.11 Å². The van der Waals surface area contributed by atoms with Crippen molar-refractivity contribution in [2.24, 2.45) is 0 Å². The summed E-state index contributed by atoms with van der Waals surface area (Å²) in [6.07, 6.45) is 7.32. The van der Waals surface area contributed by atoms with Crippen molar-refractivity contribution in [1.82, 2.24) is 0 Å². The number of phenols is 1. The highest BCUT2D eigenvalue weighted by molar-refractivity contribution is 8.00. The van der Waals surface area contributed by atoms with Crippen molar-refractivity contribution >= 4 is 58.2 Å². The van der Waals surface area contributed by atoms with Gasteiger partial charge in [-0.15, -0.1) is 11.8 Å². The van der Waals surface area contributed by atoms with Gasteiger partial charge in [-0.1, -0.05) is 72.1 Å². The first-order valence-electron chi connectivity index (χ1n) is 6.24. The molecule has 0 aliphatic heterocycles. The van der Waals surface area contributed by atoms with Gasteiger partial charge in [-0.2, -0.15) is 0 Å². The third-order valence-electron chi connectivity index (χ3n) is 3.29. The SMILES string of the molecule is Oc1c(Cl)c(Cl)c(SC2CCCCCC2)c(Cl)c1Cl. The van der Waals surface area contributed by atoms with Gasteiger partial charge >= 0.3 is 0 Å². The first-order valence-corrected chi connectivity index (χ1v) is 8.63. The fourth-order valence-corrected chi connectivity index (χ4v) is 4.77. The average molecular weight is 360 g/mol. The highest BCUT2D eigenvalue weighted by Gasteiger charge is 2.23. The topological polar surface area (TPSA) is 20.2 Å². The molecule has 0 amide bonds. The van der Waals surface area contributed by atoms with E-state index in [9.17, 15) is 5.11 Å². The lowest BCUT2D eigenvalue weighted by atomic mass is 10.2. The normalized spacial score (nSPS) is 17.5. The molecule has 0 aromatic heterocycles. The molecular formula is C13H14Cl4OS. The summed E-state index contributed by atoms with van der Waals surface area (Å²) in [5.41, 5.74) is 0. The molecule has 6 heteroatoms. The smallest absolute Gasteiger partial charge is 0.155 e. The summed E-state index contributed by atoms with van der Waals surface area (Å²) >= 11 is 25.9. The Morgan fingerprint density at radius 1 is 0.789 bits per heavy atom. The van der Waals surface area contributed by atoms with Gasteiger partial charge in [0.15, 0.2) is 5.75 Å². The zero-order valence-corrected chi connectivity index (χ0v) is 14.0. The molecule has 106 valence electrons. The van der Waals surface area contributed by atoms with Crippen molar-refractivity contribution in [3.63, 3.8) is 0 Å². The van der Waals surface area contributed by atoms with Gasteiger partial charge < -0.3 is 5.11 Å². The number of rotatable bonds is 2. The summed E-state index contributed by atoms with van der Waals surface area (Å²) in [7, 11) is 0. The van der Waals surface area contributed by atoms with Crippen molar-refractivity contribution in [2.45, 2.75) is 48.7 Å². The van der Waals surface area contributed by atoms with E-state index in [1.807, 2.05) is 0 Å². The first kappa shape index (κ1) is 15.9. The molecule has 1 aliphatic carbocycles. The van der Waals surface area contributed by atoms with Crippen molar-refractivity contribution in [3.05, 3.63) is 20.1 Å². The van der Waals surface area contributed by atoms with Crippen LogP contribution in [-0.2, 0) is 0 Å². The quantitative estimate of drug-likeness (QED) is 0.461. The van der Waals surface area contributed by atoms with Gasteiger partial charge in [0.25, 0.3) is 0 Å². The van der Waals surface area contributed by atoms with E-state index < -0.39 is 0 Å². The molecule has 0 radical (unpaired) electrons. The Hall–Kier alpha value is 0.530. The van der Waals surface area contributed by atoms with E-state index in [1.54, 1.807) is 11.8 Å². The molecule has 1 saturated carbocycles. The van der Waals surface area contributed by atoms with Crippen molar-refractivity contribution in [1.29, 1.82) is 0 Å². The lowest BCUT2D eigenvalue weighted by Gasteiger charge is -2.17. The third kappa shape index (κ3) is 3.59. The lowest BCUT2D eigenvalue weighted by Crippen LogP contribution is -2.00. The van der Waals surface area contributed by atoms with Crippen LogP contribution in [0.1, 0.15) is 38.5 Å². The molecule has 1 aromatic rings. The summed E-state index contributed by atoms with van der Waals surface area (Å²) in [5, 5.41) is 10.9. The number of halogens is 4. The Labute approximate surface area is 137 Å². The predicted octanol–water partition coefficient (Wildman–Crippen LogP) is 6.82. The van der Waals surface area contributed by atoms with Gasteiger partial charge in [0.2, 0.25) is 0 Å². The summed E-state index contributed by atoms with van der Waals surface area (Å²) < 4.78 is 0. The van der Waals surface area contributed by atoms with Gasteiger partial charge in [-0.3, -0.25) is 0 Å². The minimum Gasteiger partial charge on any atom is -0.505 e. The molecule has 1 aromatic carbocycles. The lowest BCUT2D eigenvalue weighted by molar-refractivity contribution is 0.475. The van der Waals surface area contributed by atoms with Crippen LogP contribution >= 0.6 is 58.2 Å². The van der Waals surface area contributed by atoms with E-state index in [4.69, 9.17) is 46.4 Å². The Morgan fingerprint density at radius 2 is 1.26 bits per heavy atom. The second-order valence-corrected chi connectivity index (χ2v) is 7.49. The number of hydrogen-bond donors (Lipinski definition) is 1. The van der Waals surface area contributed by atoms with Gasteiger partial charge in [0.05, 0.1) is 10.0 Å². The molecule has 1 aliphatic rings. The minimum atomic E-state index is -0.247. The molecule has 0 bridgehead atoms. The molecular weight excluding hydrogens is 346 g/mol. The number of thioether (sulfide) groups is 1. The summed E-state index contributed by atoms with van der Waals surface area (Å²) in [6.45, 7) is 0. The zero-order chi connectivity index (χ0) is 14.0. The van der Waals surface area contributed by atoms with E-state index in [0.717, 1.165) is 12.8 Å². The van der Waals surface area contributed by atoms with Crippen LogP contribution in [-0.4, -0.2) is 10.4 Å². The Kier molecular flexibility index (Phi) is 5.86. The largest absolute Gasteiger partial charge is 0.505 e. The summed E-state index contributed by atoms with van der Waals surface area (Å²) in [5.74, 6) is -0.247. The maximum atomic E-state index is 9.70. The van der Waals surface area contributed by atoms with Crippen molar-refractivity contribution in [3.8, 4) is 5.75 Å². The molecule has 0 saturated heterocycles. The van der Waals surface area contributed by atoms with Crippen LogP contribution in [0.15, 0.2) is 4.90 Å². The standard InChI is InChI=1S/C13H14Cl4OS/c14-8-10(16)13(11(17)9(15)12(8)18)19-7-5-3-1-2-4-6-7/h7,18H,1-6H2. The molecule has 0 unspecified atom stereocenters. The van der Waals surface area contributed by atoms with Crippen LogP contribution in [0.3, 0.4) is 0 Å². The molecule has 19 heavy (non-hydrogen) atoms. The van der Waals surface area contributed by atoms with Crippen LogP contribution in [0.2, 0.25) is 20.1 Å². The van der Waals surface area contributed by atoms with E-state index in [2.05, 4.69) is 0 Å². The minimum absolute atomic E-state index is 0.0761. The van der Waals surface area contributed by atoms with Crippen molar-refractivity contribution in [2.75, 3.05) is 0 Å². The predicted molar refractivity (Wildman–Crippen MR) is 85.5 cm³/mol. The van der Waals surface area contributed by atoms with E-state index in [1.165, 1.54) is 25.7 Å². The number of phenolic OH excluding ortho intramolecular Hbond substituents is 1. The Morgan fingerprint density at radius 3 is 1.74 bits per heavy atom. The summed E-state index contributed by atoms with van der Waals surface area (Å²) in [6, 6.07) is 0. The van der Waals surface area contributed by atoms with Crippen LogP contribution in [0.5, 0.6) is 5.75 Å². The molecule has 0 atom stereocenters. The van der Waals surface area contributed by atoms with Gasteiger partial charge in [-0.05, 0) is 12.8 Å². The van der Waals surface area contributed by atoms with Crippen LogP contribution in [0, 0.1) is 0 Å². The number of aromatic hydroxyl groups is 1. The maximum Gasteiger partial charge on any atom is 0.155 e. The Balaban J connectivity index is 2.29. The molecule has 1 fully saturated rings. The van der Waals surface area contributed by atoms with Gasteiger partial charge in [0.1, 0.15) is 10.0 Å². The maximum absolute atomic E-state index is 9.70. The van der Waals surface area contributed by atoms with Gasteiger partial charge in [0, 0.05) is 10.1 Å². The number of benzene rings is 1. The molecule has 0 spiro atoms. The molecule has 1 N–H and O–H groups in total. The highest BCUT2D eigenvalue weighted by Crippen LogP contribution is 2.50. The van der Waals surface area contributed by atoms with Gasteiger partial charge in [-0.25, -0.2) is 0 Å². The first-order chi connectivity index (χ1) is 9.02. The highest BCUT2D eigenvalue weighted by atomic mass is 35.5. The van der Waals surface area contributed by atoms with E-state index in [-0.39, 0.29) is 15.8 Å². The van der Waals surface area contributed by atoms with Crippen LogP contribution < -0.4 is 0 Å². The second kappa shape index (κ2) is 7.00. The van der Waals surface area contributed by atoms with E-state index >= 15 is 0 Å². The fraction of sp³-hybridized carbons (Fsp3) is 0.538. The van der Waals surface area contributed by atoms with E-state index in [0.29, 0.717) is 20.2 Å². The molecule has 1 nitrogen and oxygen atoms in total. The second-order valence-electron chi connectivity index (χ2n) is 4.67. The summed E-state index contributed by atoms with van der Waals surface area (Å²) in [4.78, 5) is 0.683. The fourth-order valence-electron chi connectivity index (χ4n) is 2.23.